The fourth-order valence-corrected chi connectivity index (χ4v) is 3.75. The summed E-state index contributed by atoms with van der Waals surface area (Å²) < 4.78 is 1.84. The van der Waals surface area contributed by atoms with E-state index in [0.29, 0.717) is 39.0 Å². The van der Waals surface area contributed by atoms with Gasteiger partial charge in [0.15, 0.2) is 0 Å². The van der Waals surface area contributed by atoms with Crippen LogP contribution in [0.1, 0.15) is 24.0 Å². The number of aliphatic hydroxyl groups excluding tert-OH is 1. The highest BCUT2D eigenvalue weighted by molar-refractivity contribution is 5.93. The number of anilines is 1. The van der Waals surface area contributed by atoms with Gasteiger partial charge in [-0.3, -0.25) is 14.5 Å². The standard InChI is InChI=1S/C24H30N8O2/c33-10-6-18-3-1-4-19(11-18)14-25-9-5-24(34)27-8-2-7-26-22-12-20(32-16-29-30-17-32)13-23-21(22)15-28-31-23/h1,3-4,11-13,15-17,25-26,33H,2,5-10,14H2,(H,27,34)(H,28,31). The molecule has 10 nitrogen and oxygen atoms in total. The predicted molar refractivity (Wildman–Crippen MR) is 131 cm³/mol. The van der Waals surface area contributed by atoms with Gasteiger partial charge in [-0.2, -0.15) is 5.10 Å². The number of nitrogens with one attached hydrogen (secondary N) is 4. The van der Waals surface area contributed by atoms with Gasteiger partial charge in [0, 0.05) is 50.3 Å². The van der Waals surface area contributed by atoms with Gasteiger partial charge in [0.05, 0.1) is 17.4 Å². The van der Waals surface area contributed by atoms with Crippen LogP contribution >= 0.6 is 0 Å². The predicted octanol–water partition coefficient (Wildman–Crippen LogP) is 1.78. The average Bonchev–Trinajstić information content (AvgIpc) is 3.54. The third-order valence-electron chi connectivity index (χ3n) is 5.50. The Bertz CT molecular complexity index is 1190. The molecule has 0 atom stereocenters. The number of H-pyrrole nitrogens is 1. The zero-order valence-corrected chi connectivity index (χ0v) is 19.0. The van der Waals surface area contributed by atoms with Gasteiger partial charge in [0.2, 0.25) is 5.91 Å². The first kappa shape index (κ1) is 23.4. The van der Waals surface area contributed by atoms with E-state index in [1.54, 1.807) is 18.9 Å². The summed E-state index contributed by atoms with van der Waals surface area (Å²) in [5.74, 6) is 0.0355. The maximum absolute atomic E-state index is 12.1. The van der Waals surface area contributed by atoms with Crippen molar-refractivity contribution in [1.82, 2.24) is 35.6 Å². The Kier molecular flexibility index (Phi) is 8.20. The van der Waals surface area contributed by atoms with Crippen LogP contribution in [0.25, 0.3) is 16.6 Å². The molecule has 0 spiro atoms. The fourth-order valence-electron chi connectivity index (χ4n) is 3.75. The van der Waals surface area contributed by atoms with E-state index in [0.717, 1.165) is 39.8 Å². The van der Waals surface area contributed by atoms with Crippen LogP contribution in [0.4, 0.5) is 5.69 Å². The second kappa shape index (κ2) is 11.9. The lowest BCUT2D eigenvalue weighted by Crippen LogP contribution is -2.29. The molecule has 2 heterocycles. The maximum Gasteiger partial charge on any atom is 0.221 e. The monoisotopic (exact) mass is 462 g/mol. The lowest BCUT2D eigenvalue weighted by molar-refractivity contribution is -0.120. The molecule has 0 saturated carbocycles. The highest BCUT2D eigenvalue weighted by Crippen LogP contribution is 2.25. The Morgan fingerprint density at radius 1 is 1.06 bits per heavy atom. The molecule has 10 heteroatoms. The summed E-state index contributed by atoms with van der Waals surface area (Å²) in [6.45, 7) is 2.79. The number of rotatable bonds is 13. The van der Waals surface area contributed by atoms with E-state index in [-0.39, 0.29) is 12.5 Å². The van der Waals surface area contributed by atoms with Crippen LogP contribution in [0.5, 0.6) is 0 Å². The summed E-state index contributed by atoms with van der Waals surface area (Å²) in [4.78, 5) is 12.1. The first-order valence-electron chi connectivity index (χ1n) is 11.4. The first-order chi connectivity index (χ1) is 16.7. The molecule has 0 saturated heterocycles. The maximum atomic E-state index is 12.1. The quantitative estimate of drug-likeness (QED) is 0.191. The summed E-state index contributed by atoms with van der Waals surface area (Å²) in [5.41, 5.74) is 5.10. The van der Waals surface area contributed by atoms with Crippen LogP contribution in [0, 0.1) is 0 Å². The van der Waals surface area contributed by atoms with Crippen LogP contribution in [-0.2, 0) is 17.8 Å². The van der Waals surface area contributed by atoms with Crippen molar-refractivity contribution in [2.75, 3.05) is 31.6 Å². The Balaban J connectivity index is 1.15. The van der Waals surface area contributed by atoms with E-state index in [1.165, 1.54) is 0 Å². The number of benzene rings is 2. The number of fused-ring (bicyclic) bond motifs is 1. The van der Waals surface area contributed by atoms with Crippen molar-refractivity contribution < 1.29 is 9.90 Å². The van der Waals surface area contributed by atoms with Crippen LogP contribution in [0.3, 0.4) is 0 Å². The second-order valence-corrected chi connectivity index (χ2v) is 8.04. The van der Waals surface area contributed by atoms with Crippen LogP contribution in [-0.4, -0.2) is 62.2 Å². The van der Waals surface area contributed by atoms with Gasteiger partial charge in [-0.25, -0.2) is 0 Å². The third kappa shape index (κ3) is 6.40. The summed E-state index contributed by atoms with van der Waals surface area (Å²) in [6.07, 6.45) is 6.99. The van der Waals surface area contributed by atoms with Gasteiger partial charge in [0.1, 0.15) is 12.7 Å². The molecule has 0 aliphatic rings. The van der Waals surface area contributed by atoms with E-state index < -0.39 is 0 Å². The molecule has 2 aromatic heterocycles. The smallest absolute Gasteiger partial charge is 0.221 e. The molecule has 0 bridgehead atoms. The number of carbonyl (C=O) groups excluding carboxylic acids is 1. The molecule has 178 valence electrons. The van der Waals surface area contributed by atoms with E-state index >= 15 is 0 Å². The fraction of sp³-hybridized carbons (Fsp3) is 0.333. The largest absolute Gasteiger partial charge is 0.396 e. The van der Waals surface area contributed by atoms with Gasteiger partial charge in [0.25, 0.3) is 0 Å². The van der Waals surface area contributed by atoms with Crippen molar-refractivity contribution in [3.8, 4) is 5.69 Å². The summed E-state index contributed by atoms with van der Waals surface area (Å²) in [7, 11) is 0. The normalized spacial score (nSPS) is 11.1. The number of nitrogens with zero attached hydrogens (tertiary/aromatic N) is 4. The highest BCUT2D eigenvalue weighted by Gasteiger charge is 2.08. The van der Waals surface area contributed by atoms with Gasteiger partial charge >= 0.3 is 0 Å². The molecule has 0 unspecified atom stereocenters. The third-order valence-corrected chi connectivity index (χ3v) is 5.50. The SMILES string of the molecule is O=C(CCNCc1cccc(CCO)c1)NCCCNc1cc(-n2cnnc2)cc2[nH]ncc12. The molecule has 2 aromatic carbocycles. The van der Waals surface area contributed by atoms with Crippen LogP contribution in [0.2, 0.25) is 0 Å². The van der Waals surface area contributed by atoms with E-state index in [1.807, 2.05) is 34.9 Å². The van der Waals surface area contributed by atoms with Gasteiger partial charge in [-0.1, -0.05) is 24.3 Å². The minimum absolute atomic E-state index is 0.0355. The molecule has 0 radical (unpaired) electrons. The molecular formula is C24H30N8O2. The lowest BCUT2D eigenvalue weighted by atomic mass is 10.1. The van der Waals surface area contributed by atoms with Crippen LogP contribution in [0.15, 0.2) is 55.2 Å². The Labute approximate surface area is 197 Å². The minimum atomic E-state index is 0.0355. The summed E-state index contributed by atoms with van der Waals surface area (Å²) in [6, 6.07) is 12.1. The second-order valence-electron chi connectivity index (χ2n) is 8.04. The average molecular weight is 463 g/mol. The van der Waals surface area contributed by atoms with Crippen LogP contribution < -0.4 is 16.0 Å². The minimum Gasteiger partial charge on any atom is -0.396 e. The van der Waals surface area contributed by atoms with E-state index in [9.17, 15) is 4.79 Å². The molecule has 4 aromatic rings. The molecular weight excluding hydrogens is 432 g/mol. The Morgan fingerprint density at radius 2 is 1.91 bits per heavy atom. The molecule has 5 N–H and O–H groups in total. The summed E-state index contributed by atoms with van der Waals surface area (Å²) in [5, 5.41) is 34.7. The number of hydrogen-bond acceptors (Lipinski definition) is 7. The highest BCUT2D eigenvalue weighted by atomic mass is 16.3. The van der Waals surface area contributed by atoms with Crippen molar-refractivity contribution in [3.63, 3.8) is 0 Å². The zero-order chi connectivity index (χ0) is 23.6. The van der Waals surface area contributed by atoms with E-state index in [2.05, 4.69) is 42.4 Å². The topological polar surface area (TPSA) is 133 Å². The Morgan fingerprint density at radius 3 is 2.76 bits per heavy atom. The summed E-state index contributed by atoms with van der Waals surface area (Å²) >= 11 is 0. The van der Waals surface area contributed by atoms with Gasteiger partial charge in [-0.05, 0) is 36.1 Å². The van der Waals surface area contributed by atoms with Gasteiger partial charge in [-0.15, -0.1) is 10.2 Å². The number of hydrogen-bond donors (Lipinski definition) is 5. The molecule has 0 aliphatic carbocycles. The molecule has 1 amide bonds. The number of aromatic amines is 1. The molecule has 4 rings (SSSR count). The number of carbonyl (C=O) groups is 1. The zero-order valence-electron chi connectivity index (χ0n) is 19.0. The molecule has 34 heavy (non-hydrogen) atoms. The lowest BCUT2D eigenvalue weighted by Gasteiger charge is -2.11. The Hall–Kier alpha value is -3.76. The van der Waals surface area contributed by atoms with Crippen molar-refractivity contribution in [2.24, 2.45) is 0 Å². The number of amides is 1. The molecule has 0 fully saturated rings. The van der Waals surface area contributed by atoms with Crippen molar-refractivity contribution >= 4 is 22.5 Å². The first-order valence-corrected chi connectivity index (χ1v) is 11.4. The van der Waals surface area contributed by atoms with E-state index in [4.69, 9.17) is 5.11 Å². The number of aliphatic hydroxyl groups is 1. The number of aromatic nitrogens is 5. The van der Waals surface area contributed by atoms with Crippen molar-refractivity contribution in [1.29, 1.82) is 0 Å². The molecule has 0 aliphatic heterocycles. The van der Waals surface area contributed by atoms with Crippen molar-refractivity contribution in [2.45, 2.75) is 25.8 Å². The van der Waals surface area contributed by atoms with Gasteiger partial charge < -0.3 is 21.1 Å². The van der Waals surface area contributed by atoms with Crippen molar-refractivity contribution in [3.05, 3.63) is 66.4 Å².